The van der Waals surface area contributed by atoms with E-state index in [0.29, 0.717) is 38.3 Å². The molecule has 0 aliphatic rings. The highest BCUT2D eigenvalue weighted by Crippen LogP contribution is 2.32. The number of ether oxygens (including phenoxy) is 1. The van der Waals surface area contributed by atoms with Crippen LogP contribution in [0.25, 0.3) is 0 Å². The first-order valence-corrected chi connectivity index (χ1v) is 11.6. The van der Waals surface area contributed by atoms with Crippen molar-refractivity contribution in [2.24, 2.45) is 0 Å². The number of carbonyl (C=O) groups excluding carboxylic acids is 1. The second-order valence-corrected chi connectivity index (χ2v) is 8.91. The van der Waals surface area contributed by atoms with Gasteiger partial charge in [0.15, 0.2) is 17.1 Å². The van der Waals surface area contributed by atoms with E-state index in [1.807, 2.05) is 49.6 Å². The van der Waals surface area contributed by atoms with Crippen LogP contribution >= 0.6 is 46.6 Å². The zero-order valence-corrected chi connectivity index (χ0v) is 20.2. The van der Waals surface area contributed by atoms with Crippen molar-refractivity contribution >= 4 is 58.2 Å². The normalized spacial score (nSPS) is 11.9. The van der Waals surface area contributed by atoms with Crippen LogP contribution < -0.4 is 10.1 Å². The van der Waals surface area contributed by atoms with Crippen molar-refractivity contribution in [1.29, 1.82) is 0 Å². The Kier molecular flexibility index (Phi) is 8.11. The molecule has 0 saturated heterocycles. The van der Waals surface area contributed by atoms with E-state index in [-0.39, 0.29) is 17.8 Å². The maximum atomic E-state index is 12.4. The fraction of sp³-hybridized carbons (Fsp3) is 0.286. The number of amides is 1. The lowest BCUT2D eigenvalue weighted by atomic mass is 10.2. The molecule has 0 radical (unpaired) electrons. The molecule has 1 N–H and O–H groups in total. The second kappa shape index (κ2) is 10.6. The molecular weight excluding hydrogens is 479 g/mol. The number of rotatable bonds is 8. The number of aryl methyl sites for hydroxylation is 1. The van der Waals surface area contributed by atoms with Crippen molar-refractivity contribution in [3.8, 4) is 5.75 Å². The van der Waals surface area contributed by atoms with Gasteiger partial charge in [-0.05, 0) is 50.6 Å². The van der Waals surface area contributed by atoms with Crippen LogP contribution in [0.1, 0.15) is 31.3 Å². The standard InChI is InChI=1S/C21H21Cl3N4O2S/c1-4-28-20(13(3)30-14-7-5-6-12(2)8-14)26-27-21(28)31-11-19(29)25-18-10-16(23)15(22)9-17(18)24/h5-10,13H,4,11H2,1-3H3,(H,25,29). The van der Waals surface area contributed by atoms with Crippen molar-refractivity contribution in [2.75, 3.05) is 11.1 Å². The summed E-state index contributed by atoms with van der Waals surface area (Å²) in [4.78, 5) is 12.4. The van der Waals surface area contributed by atoms with Crippen molar-refractivity contribution in [1.82, 2.24) is 14.8 Å². The van der Waals surface area contributed by atoms with Gasteiger partial charge >= 0.3 is 0 Å². The monoisotopic (exact) mass is 498 g/mol. The number of hydrogen-bond acceptors (Lipinski definition) is 5. The van der Waals surface area contributed by atoms with Gasteiger partial charge in [-0.2, -0.15) is 0 Å². The third-order valence-corrected chi connectivity index (χ3v) is 6.35. The fourth-order valence-corrected chi connectivity index (χ4v) is 4.29. The fourth-order valence-electron chi connectivity index (χ4n) is 2.88. The summed E-state index contributed by atoms with van der Waals surface area (Å²) in [5, 5.41) is 12.8. The third kappa shape index (κ3) is 6.07. The summed E-state index contributed by atoms with van der Waals surface area (Å²) in [6.45, 7) is 6.57. The average molecular weight is 500 g/mol. The van der Waals surface area contributed by atoms with E-state index in [0.717, 1.165) is 11.3 Å². The third-order valence-electron chi connectivity index (χ3n) is 4.34. The van der Waals surface area contributed by atoms with Crippen molar-refractivity contribution in [3.05, 3.63) is 62.9 Å². The lowest BCUT2D eigenvalue weighted by Crippen LogP contribution is -2.15. The summed E-state index contributed by atoms with van der Waals surface area (Å²) in [6.07, 6.45) is -0.299. The lowest BCUT2D eigenvalue weighted by molar-refractivity contribution is -0.113. The van der Waals surface area contributed by atoms with E-state index in [9.17, 15) is 4.79 Å². The Balaban J connectivity index is 1.65. The number of thioether (sulfide) groups is 1. The second-order valence-electron chi connectivity index (χ2n) is 6.74. The van der Waals surface area contributed by atoms with E-state index in [1.165, 1.54) is 23.9 Å². The quantitative estimate of drug-likeness (QED) is 0.285. The van der Waals surface area contributed by atoms with Crippen LogP contribution in [0.2, 0.25) is 15.1 Å². The molecule has 0 fully saturated rings. The highest BCUT2D eigenvalue weighted by molar-refractivity contribution is 7.99. The highest BCUT2D eigenvalue weighted by atomic mass is 35.5. The number of halogens is 3. The Morgan fingerprint density at radius 1 is 1.16 bits per heavy atom. The number of benzene rings is 2. The SMILES string of the molecule is CCn1c(SCC(=O)Nc2cc(Cl)c(Cl)cc2Cl)nnc1C(C)Oc1cccc(C)c1. The van der Waals surface area contributed by atoms with Gasteiger partial charge in [-0.25, -0.2) is 0 Å². The maximum Gasteiger partial charge on any atom is 0.234 e. The predicted molar refractivity (Wildman–Crippen MR) is 127 cm³/mol. The molecule has 1 heterocycles. The summed E-state index contributed by atoms with van der Waals surface area (Å²) in [5.41, 5.74) is 1.52. The lowest BCUT2D eigenvalue weighted by Gasteiger charge is -2.16. The van der Waals surface area contributed by atoms with Crippen molar-refractivity contribution in [2.45, 2.75) is 38.6 Å². The van der Waals surface area contributed by atoms with Gasteiger partial charge in [-0.15, -0.1) is 10.2 Å². The van der Waals surface area contributed by atoms with Gasteiger partial charge in [0, 0.05) is 6.54 Å². The minimum atomic E-state index is -0.299. The summed E-state index contributed by atoms with van der Waals surface area (Å²) >= 11 is 19.3. The van der Waals surface area contributed by atoms with Crippen molar-refractivity contribution in [3.63, 3.8) is 0 Å². The molecule has 0 aliphatic heterocycles. The molecule has 0 bridgehead atoms. The minimum Gasteiger partial charge on any atom is -0.483 e. The Labute approximate surface area is 200 Å². The zero-order valence-electron chi connectivity index (χ0n) is 17.2. The predicted octanol–water partition coefficient (Wildman–Crippen LogP) is 6.44. The maximum absolute atomic E-state index is 12.4. The molecule has 3 aromatic rings. The Morgan fingerprint density at radius 2 is 1.90 bits per heavy atom. The Bertz CT molecular complexity index is 1090. The van der Waals surface area contributed by atoms with Crippen LogP contribution in [0.3, 0.4) is 0 Å². The average Bonchev–Trinajstić information content (AvgIpc) is 3.13. The van der Waals surface area contributed by atoms with Crippen LogP contribution in [-0.4, -0.2) is 26.4 Å². The summed E-state index contributed by atoms with van der Waals surface area (Å²) < 4.78 is 7.96. The summed E-state index contributed by atoms with van der Waals surface area (Å²) in [5.74, 6) is 1.34. The van der Waals surface area contributed by atoms with E-state index in [4.69, 9.17) is 39.5 Å². The van der Waals surface area contributed by atoms with Crippen LogP contribution in [0.5, 0.6) is 5.75 Å². The minimum absolute atomic E-state index is 0.127. The van der Waals surface area contributed by atoms with Gasteiger partial charge < -0.3 is 14.6 Å². The van der Waals surface area contributed by atoms with Gasteiger partial charge in [-0.1, -0.05) is 58.7 Å². The molecule has 0 aliphatic carbocycles. The molecule has 164 valence electrons. The summed E-state index contributed by atoms with van der Waals surface area (Å²) in [6, 6.07) is 10.8. The molecule has 1 unspecified atom stereocenters. The first-order chi connectivity index (χ1) is 14.8. The van der Waals surface area contributed by atoms with Gasteiger partial charge in [-0.3, -0.25) is 4.79 Å². The van der Waals surface area contributed by atoms with E-state index in [2.05, 4.69) is 15.5 Å². The molecule has 31 heavy (non-hydrogen) atoms. The van der Waals surface area contributed by atoms with Crippen LogP contribution in [0.4, 0.5) is 5.69 Å². The molecule has 10 heteroatoms. The largest absolute Gasteiger partial charge is 0.483 e. The highest BCUT2D eigenvalue weighted by Gasteiger charge is 2.20. The van der Waals surface area contributed by atoms with Gasteiger partial charge in [0.25, 0.3) is 0 Å². The topological polar surface area (TPSA) is 69.0 Å². The molecule has 1 aromatic heterocycles. The first-order valence-electron chi connectivity index (χ1n) is 9.52. The Morgan fingerprint density at radius 3 is 2.61 bits per heavy atom. The molecule has 1 amide bonds. The van der Waals surface area contributed by atoms with Gasteiger partial charge in [0.2, 0.25) is 5.91 Å². The van der Waals surface area contributed by atoms with Crippen LogP contribution in [-0.2, 0) is 11.3 Å². The molecule has 2 aromatic carbocycles. The number of nitrogens with one attached hydrogen (secondary N) is 1. The van der Waals surface area contributed by atoms with Crippen LogP contribution in [0, 0.1) is 6.92 Å². The smallest absolute Gasteiger partial charge is 0.234 e. The number of nitrogens with zero attached hydrogens (tertiary/aromatic N) is 3. The molecule has 3 rings (SSSR count). The first kappa shape index (κ1) is 23.7. The number of hydrogen-bond donors (Lipinski definition) is 1. The Hall–Kier alpha value is -1.93. The van der Waals surface area contributed by atoms with Crippen LogP contribution in [0.15, 0.2) is 41.6 Å². The summed E-state index contributed by atoms with van der Waals surface area (Å²) in [7, 11) is 0. The molecule has 1 atom stereocenters. The van der Waals surface area contributed by atoms with E-state index >= 15 is 0 Å². The van der Waals surface area contributed by atoms with Crippen molar-refractivity contribution < 1.29 is 9.53 Å². The van der Waals surface area contributed by atoms with Gasteiger partial charge in [0.1, 0.15) is 5.75 Å². The number of aromatic nitrogens is 3. The molecule has 0 spiro atoms. The molecule has 6 nitrogen and oxygen atoms in total. The van der Waals surface area contributed by atoms with Gasteiger partial charge in [0.05, 0.1) is 26.5 Å². The van der Waals surface area contributed by atoms with E-state index in [1.54, 1.807) is 0 Å². The number of anilines is 1. The molecular formula is C21H21Cl3N4O2S. The number of carbonyl (C=O) groups is 1. The molecule has 0 saturated carbocycles. The zero-order chi connectivity index (χ0) is 22.5. The van der Waals surface area contributed by atoms with E-state index < -0.39 is 0 Å².